The number of carbonyl (C=O) groups is 2. The van der Waals surface area contributed by atoms with Crippen molar-refractivity contribution in [2.24, 2.45) is 0 Å². The Kier molecular flexibility index (Phi) is 4.54. The Morgan fingerprint density at radius 2 is 2.00 bits per heavy atom. The molecule has 0 bridgehead atoms. The van der Waals surface area contributed by atoms with Gasteiger partial charge in [-0.1, -0.05) is 18.0 Å². The van der Waals surface area contributed by atoms with Gasteiger partial charge in [0.05, 0.1) is 18.4 Å². The molecule has 128 valence electrons. The fourth-order valence-electron chi connectivity index (χ4n) is 3.56. The minimum atomic E-state index is -0.782. The molecule has 0 unspecified atom stereocenters. The van der Waals surface area contributed by atoms with Gasteiger partial charge >= 0.3 is 5.97 Å². The Balaban J connectivity index is 1.93. The van der Waals surface area contributed by atoms with Crippen LogP contribution >= 0.6 is 11.6 Å². The first-order valence-corrected chi connectivity index (χ1v) is 8.44. The first kappa shape index (κ1) is 16.8. The van der Waals surface area contributed by atoms with Crippen LogP contribution in [0.1, 0.15) is 39.0 Å². The Labute approximate surface area is 146 Å². The molecule has 1 aromatic rings. The van der Waals surface area contributed by atoms with Crippen LogP contribution < -0.4 is 10.1 Å². The summed E-state index contributed by atoms with van der Waals surface area (Å²) in [6, 6.07) is 5.00. The van der Waals surface area contributed by atoms with E-state index >= 15 is 0 Å². The molecule has 0 saturated heterocycles. The first-order valence-electron chi connectivity index (χ1n) is 8.06. The number of amides is 1. The summed E-state index contributed by atoms with van der Waals surface area (Å²) >= 11 is 6.01. The molecule has 1 saturated carbocycles. The molecule has 1 spiro atoms. The van der Waals surface area contributed by atoms with Crippen molar-refractivity contribution in [3.8, 4) is 5.75 Å². The van der Waals surface area contributed by atoms with Gasteiger partial charge < -0.3 is 14.8 Å². The molecule has 0 radical (unpaired) electrons. The maximum Gasteiger partial charge on any atom is 0.335 e. The van der Waals surface area contributed by atoms with Crippen LogP contribution in [0.25, 0.3) is 0 Å². The lowest BCUT2D eigenvalue weighted by Gasteiger charge is -2.34. The van der Waals surface area contributed by atoms with Crippen molar-refractivity contribution in [1.29, 1.82) is 0 Å². The minimum Gasteiger partial charge on any atom is -0.495 e. The van der Waals surface area contributed by atoms with Crippen molar-refractivity contribution >= 4 is 29.2 Å². The summed E-state index contributed by atoms with van der Waals surface area (Å²) < 4.78 is 10.9. The fourth-order valence-corrected chi connectivity index (χ4v) is 3.74. The SMILES string of the molecule is COc1ccc(Cl)cc1NC(=O)C1=C(C)C(=O)OC12CCCCC2. The third-order valence-electron chi connectivity index (χ3n) is 4.72. The zero-order valence-corrected chi connectivity index (χ0v) is 14.5. The van der Waals surface area contributed by atoms with Crippen molar-refractivity contribution in [2.75, 3.05) is 12.4 Å². The number of methoxy groups -OCH3 is 1. The number of hydrogen-bond acceptors (Lipinski definition) is 4. The van der Waals surface area contributed by atoms with Gasteiger partial charge in [-0.25, -0.2) is 4.79 Å². The van der Waals surface area contributed by atoms with E-state index in [0.717, 1.165) is 19.3 Å². The molecule has 1 aliphatic heterocycles. The van der Waals surface area contributed by atoms with Gasteiger partial charge in [0.2, 0.25) is 0 Å². The van der Waals surface area contributed by atoms with E-state index in [2.05, 4.69) is 5.32 Å². The normalized spacial score (nSPS) is 19.4. The van der Waals surface area contributed by atoms with Gasteiger partial charge in [0.25, 0.3) is 5.91 Å². The van der Waals surface area contributed by atoms with Gasteiger partial charge in [0.1, 0.15) is 11.4 Å². The van der Waals surface area contributed by atoms with Crippen LogP contribution in [0.2, 0.25) is 5.02 Å². The lowest BCUT2D eigenvalue weighted by Crippen LogP contribution is -2.39. The highest BCUT2D eigenvalue weighted by Crippen LogP contribution is 2.44. The lowest BCUT2D eigenvalue weighted by atomic mass is 9.78. The molecular formula is C18H20ClNO4. The highest BCUT2D eigenvalue weighted by molar-refractivity contribution is 6.31. The van der Waals surface area contributed by atoms with Crippen LogP contribution in [0.15, 0.2) is 29.3 Å². The van der Waals surface area contributed by atoms with Gasteiger partial charge in [-0.3, -0.25) is 4.79 Å². The van der Waals surface area contributed by atoms with E-state index < -0.39 is 11.6 Å². The minimum absolute atomic E-state index is 0.333. The predicted octanol–water partition coefficient (Wildman–Crippen LogP) is 3.86. The highest BCUT2D eigenvalue weighted by Gasteiger charge is 2.49. The summed E-state index contributed by atoms with van der Waals surface area (Å²) in [5.74, 6) is -0.227. The van der Waals surface area contributed by atoms with E-state index in [1.807, 2.05) is 0 Å². The summed E-state index contributed by atoms with van der Waals surface area (Å²) in [4.78, 5) is 25.0. The van der Waals surface area contributed by atoms with Gasteiger partial charge in [0.15, 0.2) is 0 Å². The first-order chi connectivity index (χ1) is 11.5. The van der Waals surface area contributed by atoms with Crippen LogP contribution in [0, 0.1) is 0 Å². The lowest BCUT2D eigenvalue weighted by molar-refractivity contribution is -0.149. The van der Waals surface area contributed by atoms with Crippen molar-refractivity contribution < 1.29 is 19.1 Å². The van der Waals surface area contributed by atoms with E-state index in [1.165, 1.54) is 7.11 Å². The van der Waals surface area contributed by atoms with E-state index in [0.29, 0.717) is 40.4 Å². The molecule has 0 aromatic heterocycles. The predicted molar refractivity (Wildman–Crippen MR) is 91.2 cm³/mol. The Hall–Kier alpha value is -2.01. The molecule has 3 rings (SSSR count). The largest absolute Gasteiger partial charge is 0.495 e. The molecule has 1 aromatic carbocycles. The number of ether oxygens (including phenoxy) is 2. The molecule has 1 amide bonds. The number of esters is 1. The quantitative estimate of drug-likeness (QED) is 0.841. The van der Waals surface area contributed by atoms with Gasteiger partial charge in [-0.15, -0.1) is 0 Å². The zero-order chi connectivity index (χ0) is 17.3. The second-order valence-electron chi connectivity index (χ2n) is 6.24. The van der Waals surface area contributed by atoms with Crippen molar-refractivity contribution in [1.82, 2.24) is 0 Å². The topological polar surface area (TPSA) is 64.6 Å². The number of hydrogen-bond donors (Lipinski definition) is 1. The molecule has 2 aliphatic rings. The van der Waals surface area contributed by atoms with Gasteiger partial charge in [-0.05, 0) is 50.8 Å². The van der Waals surface area contributed by atoms with Gasteiger partial charge in [-0.2, -0.15) is 0 Å². The maximum atomic E-state index is 12.9. The van der Waals surface area contributed by atoms with E-state index in [9.17, 15) is 9.59 Å². The molecule has 1 N–H and O–H groups in total. The number of halogens is 1. The third-order valence-corrected chi connectivity index (χ3v) is 4.96. The summed E-state index contributed by atoms with van der Waals surface area (Å²) in [7, 11) is 1.52. The molecule has 1 heterocycles. The fraction of sp³-hybridized carbons (Fsp3) is 0.444. The number of anilines is 1. The molecule has 5 nitrogen and oxygen atoms in total. The highest BCUT2D eigenvalue weighted by atomic mass is 35.5. The van der Waals surface area contributed by atoms with E-state index in [-0.39, 0.29) is 5.91 Å². The molecule has 1 aliphatic carbocycles. The molecule has 24 heavy (non-hydrogen) atoms. The molecular weight excluding hydrogens is 330 g/mol. The summed E-state index contributed by atoms with van der Waals surface area (Å²) in [6.45, 7) is 1.65. The molecule has 0 atom stereocenters. The molecule has 1 fully saturated rings. The van der Waals surface area contributed by atoms with Gasteiger partial charge in [0, 0.05) is 10.6 Å². The van der Waals surface area contributed by atoms with Crippen molar-refractivity contribution in [2.45, 2.75) is 44.6 Å². The second-order valence-corrected chi connectivity index (χ2v) is 6.68. The number of carbonyl (C=O) groups excluding carboxylic acids is 2. The smallest absolute Gasteiger partial charge is 0.335 e. The standard InChI is InChI=1S/C18H20ClNO4/c1-11-15(18(24-17(11)22)8-4-3-5-9-18)16(21)20-13-10-12(19)6-7-14(13)23-2/h6-7,10H,3-5,8-9H2,1-2H3,(H,20,21). The van der Waals surface area contributed by atoms with Crippen LogP contribution in [-0.2, 0) is 14.3 Å². The Morgan fingerprint density at radius 1 is 1.29 bits per heavy atom. The summed E-state index contributed by atoms with van der Waals surface area (Å²) in [5, 5.41) is 3.32. The summed E-state index contributed by atoms with van der Waals surface area (Å²) in [5.41, 5.74) is 0.514. The Morgan fingerprint density at radius 3 is 2.67 bits per heavy atom. The number of rotatable bonds is 3. The van der Waals surface area contributed by atoms with Crippen molar-refractivity contribution in [3.63, 3.8) is 0 Å². The summed E-state index contributed by atoms with van der Waals surface area (Å²) in [6.07, 6.45) is 4.35. The zero-order valence-electron chi connectivity index (χ0n) is 13.8. The van der Waals surface area contributed by atoms with Crippen LogP contribution in [0.3, 0.4) is 0 Å². The number of benzene rings is 1. The average molecular weight is 350 g/mol. The number of nitrogens with one attached hydrogen (secondary N) is 1. The Bertz CT molecular complexity index is 720. The van der Waals surface area contributed by atoms with Crippen LogP contribution in [-0.4, -0.2) is 24.6 Å². The third kappa shape index (κ3) is 2.88. The van der Waals surface area contributed by atoms with Crippen molar-refractivity contribution in [3.05, 3.63) is 34.4 Å². The second kappa shape index (κ2) is 6.48. The van der Waals surface area contributed by atoms with Crippen LogP contribution in [0.5, 0.6) is 5.75 Å². The van der Waals surface area contributed by atoms with Crippen LogP contribution in [0.4, 0.5) is 5.69 Å². The maximum absolute atomic E-state index is 12.9. The van der Waals surface area contributed by atoms with E-state index in [1.54, 1.807) is 25.1 Å². The monoisotopic (exact) mass is 349 g/mol. The average Bonchev–Trinajstić information content (AvgIpc) is 2.78. The molecule has 6 heteroatoms. The van der Waals surface area contributed by atoms with E-state index in [4.69, 9.17) is 21.1 Å².